The predicted octanol–water partition coefficient (Wildman–Crippen LogP) is 3.50. The highest BCUT2D eigenvalue weighted by Gasteiger charge is 2.44. The fourth-order valence-corrected chi connectivity index (χ4v) is 5.49. The third-order valence-electron chi connectivity index (χ3n) is 6.83. The van der Waals surface area contributed by atoms with Crippen LogP contribution in [0.3, 0.4) is 0 Å². The largest absolute Gasteiger partial charge is 0.380 e. The van der Waals surface area contributed by atoms with Gasteiger partial charge in [0.05, 0.1) is 35.9 Å². The number of carbonyl (C=O) groups excluding carboxylic acids is 1. The normalized spacial score (nSPS) is 19.6. The predicted molar refractivity (Wildman–Crippen MR) is 122 cm³/mol. The topological polar surface area (TPSA) is 63.7 Å². The van der Waals surface area contributed by atoms with Crippen LogP contribution in [0.15, 0.2) is 29.1 Å². The van der Waals surface area contributed by atoms with Gasteiger partial charge in [-0.1, -0.05) is 6.07 Å². The van der Waals surface area contributed by atoms with E-state index in [4.69, 9.17) is 9.47 Å². The summed E-state index contributed by atoms with van der Waals surface area (Å²) < 4.78 is 25.5. The number of thiazole rings is 1. The number of piperidine rings is 1. The number of carbonyl (C=O) groups is 1. The van der Waals surface area contributed by atoms with Crippen LogP contribution in [0.5, 0.6) is 0 Å². The Kier molecular flexibility index (Phi) is 7.55. The molecule has 32 heavy (non-hydrogen) atoms. The first kappa shape index (κ1) is 23.3. The van der Waals surface area contributed by atoms with Crippen LogP contribution in [-0.2, 0) is 32.9 Å². The molecular formula is C24H32FN3O3S. The summed E-state index contributed by atoms with van der Waals surface area (Å²) in [4.78, 5) is 19.9. The molecular weight excluding hydrogens is 429 g/mol. The minimum Gasteiger partial charge on any atom is -0.380 e. The number of likely N-dealkylation sites (tertiary alicyclic amines) is 1. The van der Waals surface area contributed by atoms with Crippen LogP contribution < -0.4 is 5.32 Å². The average molecular weight is 462 g/mol. The van der Waals surface area contributed by atoms with Crippen LogP contribution in [0, 0.1) is 11.7 Å². The summed E-state index contributed by atoms with van der Waals surface area (Å²) in [6, 6.07) is 5.03. The molecule has 3 heterocycles. The van der Waals surface area contributed by atoms with Gasteiger partial charge in [0.1, 0.15) is 5.82 Å². The summed E-state index contributed by atoms with van der Waals surface area (Å²) in [5, 5.41) is 5.05. The first-order chi connectivity index (χ1) is 15.5. The highest BCUT2D eigenvalue weighted by molar-refractivity contribution is 7.07. The Bertz CT molecular complexity index is 900. The zero-order valence-electron chi connectivity index (χ0n) is 18.8. The van der Waals surface area contributed by atoms with Crippen LogP contribution in [-0.4, -0.2) is 54.7 Å². The number of hydrogen-bond donors (Lipinski definition) is 1. The Labute approximate surface area is 193 Å². The third-order valence-corrected chi connectivity index (χ3v) is 7.47. The lowest BCUT2D eigenvalue weighted by atomic mass is 9.82. The van der Waals surface area contributed by atoms with Gasteiger partial charge in [-0.25, -0.2) is 9.37 Å². The second-order valence-corrected chi connectivity index (χ2v) is 9.36. The van der Waals surface area contributed by atoms with E-state index < -0.39 is 5.60 Å². The molecule has 1 aromatic carbocycles. The van der Waals surface area contributed by atoms with Gasteiger partial charge in [0, 0.05) is 44.1 Å². The van der Waals surface area contributed by atoms with Crippen molar-refractivity contribution in [3.05, 3.63) is 51.7 Å². The Balaban J connectivity index is 1.42. The zero-order chi connectivity index (χ0) is 22.6. The molecule has 2 aromatic rings. The molecule has 1 saturated heterocycles. The number of aromatic nitrogens is 1. The average Bonchev–Trinajstić information content (AvgIpc) is 3.44. The first-order valence-corrected chi connectivity index (χ1v) is 12.4. The highest BCUT2D eigenvalue weighted by Crippen LogP contribution is 2.44. The van der Waals surface area contributed by atoms with Gasteiger partial charge in [0.15, 0.2) is 0 Å². The van der Waals surface area contributed by atoms with Gasteiger partial charge in [0.25, 0.3) is 0 Å². The maximum atomic E-state index is 13.9. The number of hydrogen-bond acceptors (Lipinski definition) is 6. The second-order valence-electron chi connectivity index (χ2n) is 8.64. The number of amides is 1. The maximum Gasteiger partial charge on any atom is 0.225 e. The van der Waals surface area contributed by atoms with Crippen LogP contribution in [0.25, 0.3) is 0 Å². The molecule has 6 nitrogen and oxygen atoms in total. The summed E-state index contributed by atoms with van der Waals surface area (Å²) in [5.41, 5.74) is 4.44. The Morgan fingerprint density at radius 1 is 1.41 bits per heavy atom. The van der Waals surface area contributed by atoms with E-state index in [2.05, 4.69) is 22.1 Å². The van der Waals surface area contributed by atoms with E-state index in [9.17, 15) is 9.18 Å². The van der Waals surface area contributed by atoms with E-state index in [1.54, 1.807) is 17.4 Å². The van der Waals surface area contributed by atoms with Gasteiger partial charge in [-0.2, -0.15) is 0 Å². The molecule has 2 unspecified atom stereocenters. The van der Waals surface area contributed by atoms with Crippen molar-refractivity contribution < 1.29 is 18.7 Å². The molecule has 2 aliphatic heterocycles. The number of nitrogens with one attached hydrogen (secondary N) is 1. The Morgan fingerprint density at radius 2 is 2.22 bits per heavy atom. The van der Waals surface area contributed by atoms with Gasteiger partial charge in [0.2, 0.25) is 5.91 Å². The number of nitrogens with zero attached hydrogens (tertiary/aromatic N) is 2. The van der Waals surface area contributed by atoms with E-state index in [0.717, 1.165) is 42.8 Å². The van der Waals surface area contributed by atoms with Crippen molar-refractivity contribution in [3.63, 3.8) is 0 Å². The van der Waals surface area contributed by atoms with E-state index >= 15 is 0 Å². The number of benzene rings is 1. The van der Waals surface area contributed by atoms with Crippen molar-refractivity contribution in [3.8, 4) is 0 Å². The van der Waals surface area contributed by atoms with Gasteiger partial charge < -0.3 is 14.8 Å². The molecule has 1 N–H and O–H groups in total. The maximum absolute atomic E-state index is 13.9. The summed E-state index contributed by atoms with van der Waals surface area (Å²) in [7, 11) is 0. The summed E-state index contributed by atoms with van der Waals surface area (Å²) >= 11 is 1.55. The number of fused-ring (bicyclic) bond motifs is 2. The van der Waals surface area contributed by atoms with Gasteiger partial charge in [-0.15, -0.1) is 11.3 Å². The fraction of sp³-hybridized carbons (Fsp3) is 0.583. The smallest absolute Gasteiger partial charge is 0.225 e. The minimum atomic E-state index is -0.405. The second kappa shape index (κ2) is 10.4. The van der Waals surface area contributed by atoms with Gasteiger partial charge >= 0.3 is 0 Å². The van der Waals surface area contributed by atoms with Crippen LogP contribution in [0.2, 0.25) is 0 Å². The van der Waals surface area contributed by atoms with Crippen LogP contribution in [0.4, 0.5) is 4.39 Å². The van der Waals surface area contributed by atoms with E-state index in [0.29, 0.717) is 32.8 Å². The molecule has 2 atom stereocenters. The minimum absolute atomic E-state index is 0.0371. The Hall–Kier alpha value is -1.87. The lowest BCUT2D eigenvalue weighted by Crippen LogP contribution is -2.52. The van der Waals surface area contributed by atoms with Gasteiger partial charge in [-0.05, 0) is 49.9 Å². The third kappa shape index (κ3) is 5.03. The van der Waals surface area contributed by atoms with E-state index in [1.165, 1.54) is 6.07 Å². The summed E-state index contributed by atoms with van der Waals surface area (Å²) in [5.74, 6) is -0.381. The molecule has 1 spiro atoms. The van der Waals surface area contributed by atoms with Crippen molar-refractivity contribution in [2.24, 2.45) is 5.92 Å². The van der Waals surface area contributed by atoms with Crippen molar-refractivity contribution in [1.29, 1.82) is 0 Å². The standard InChI is InChI=1S/C24H32FN3O3S/c1-3-30-11-8-26-23(29)21(13-20-15-32-16-27-20)17(2)28-9-6-24(7-10-28)22-12-19(25)5-4-18(22)14-31-24/h4-5,12,15-17,21H,3,6-11,13-14H2,1-2H3,(H,26,29). The first-order valence-electron chi connectivity index (χ1n) is 11.4. The van der Waals surface area contributed by atoms with Crippen LogP contribution >= 0.6 is 11.3 Å². The molecule has 0 radical (unpaired) electrons. The zero-order valence-corrected chi connectivity index (χ0v) is 19.6. The lowest BCUT2D eigenvalue weighted by Gasteiger charge is -2.43. The van der Waals surface area contributed by atoms with E-state index in [1.807, 2.05) is 23.9 Å². The monoisotopic (exact) mass is 461 g/mol. The Morgan fingerprint density at radius 3 is 2.94 bits per heavy atom. The van der Waals surface area contributed by atoms with E-state index in [-0.39, 0.29) is 23.7 Å². The lowest BCUT2D eigenvalue weighted by molar-refractivity contribution is -0.129. The fourth-order valence-electron chi connectivity index (χ4n) is 4.92. The number of ether oxygens (including phenoxy) is 2. The molecule has 8 heteroatoms. The number of halogens is 1. The summed E-state index contributed by atoms with van der Waals surface area (Å²) in [6.45, 7) is 7.87. The molecule has 1 amide bonds. The molecule has 174 valence electrons. The summed E-state index contributed by atoms with van der Waals surface area (Å²) in [6.07, 6.45) is 2.20. The molecule has 4 rings (SSSR count). The van der Waals surface area contributed by atoms with Crippen molar-refractivity contribution in [1.82, 2.24) is 15.2 Å². The molecule has 1 fully saturated rings. The van der Waals surface area contributed by atoms with Crippen molar-refractivity contribution in [2.75, 3.05) is 32.8 Å². The van der Waals surface area contributed by atoms with Crippen molar-refractivity contribution >= 4 is 17.2 Å². The molecule has 0 bridgehead atoms. The highest BCUT2D eigenvalue weighted by atomic mass is 32.1. The van der Waals surface area contributed by atoms with Gasteiger partial charge in [-0.3, -0.25) is 9.69 Å². The molecule has 1 aromatic heterocycles. The molecule has 0 saturated carbocycles. The van der Waals surface area contributed by atoms with Crippen molar-refractivity contribution in [2.45, 2.75) is 51.4 Å². The SMILES string of the molecule is CCOCCNC(=O)C(Cc1cscn1)C(C)N1CCC2(CC1)OCc1ccc(F)cc12. The quantitative estimate of drug-likeness (QED) is 0.579. The molecule has 0 aliphatic carbocycles. The molecule has 2 aliphatic rings. The van der Waals surface area contributed by atoms with Crippen LogP contribution in [0.1, 0.15) is 43.5 Å². The number of rotatable bonds is 9.